The molecule has 0 saturated heterocycles. The standard InChI is InChI=1S/C4H6Cl4O3/c5-3(6)1-9-11-10-2-4(7)8/h3-4H,1-2H2. The van der Waals surface area contributed by atoms with Gasteiger partial charge in [-0.2, -0.15) is 0 Å². The molecule has 0 unspecified atom stereocenters. The third-order valence-electron chi connectivity index (χ3n) is 0.484. The molecule has 0 heterocycles. The second-order valence-electron chi connectivity index (χ2n) is 1.42. The highest BCUT2D eigenvalue weighted by Crippen LogP contribution is 2.04. The molecule has 0 radical (unpaired) electrons. The Bertz CT molecular complexity index is 79.4. The molecule has 7 heteroatoms. The van der Waals surface area contributed by atoms with Crippen LogP contribution < -0.4 is 0 Å². The van der Waals surface area contributed by atoms with Crippen LogP contribution in [0.2, 0.25) is 0 Å². The van der Waals surface area contributed by atoms with Crippen molar-refractivity contribution in [3.8, 4) is 0 Å². The van der Waals surface area contributed by atoms with Crippen LogP contribution in [0.15, 0.2) is 0 Å². The van der Waals surface area contributed by atoms with Crippen LogP contribution in [-0.2, 0) is 14.8 Å². The van der Waals surface area contributed by atoms with Gasteiger partial charge in [-0.25, -0.2) is 9.78 Å². The van der Waals surface area contributed by atoms with Gasteiger partial charge in [-0.3, -0.25) is 0 Å². The Hall–Kier alpha value is 1.04. The molecule has 0 N–H and O–H groups in total. The predicted molar refractivity (Wildman–Crippen MR) is 44.0 cm³/mol. The molecule has 0 spiro atoms. The van der Waals surface area contributed by atoms with E-state index in [0.29, 0.717) is 0 Å². The maximum atomic E-state index is 5.27. The highest BCUT2D eigenvalue weighted by atomic mass is 35.5. The minimum absolute atomic E-state index is 0.0123. The van der Waals surface area contributed by atoms with Crippen LogP contribution in [0, 0.1) is 0 Å². The second kappa shape index (κ2) is 7.68. The fourth-order valence-corrected chi connectivity index (χ4v) is 0.398. The van der Waals surface area contributed by atoms with Gasteiger partial charge in [0.1, 0.15) is 22.9 Å². The van der Waals surface area contributed by atoms with Crippen molar-refractivity contribution in [1.82, 2.24) is 0 Å². The predicted octanol–water partition coefficient (Wildman–Crippen LogP) is 2.47. The summed E-state index contributed by atoms with van der Waals surface area (Å²) in [5, 5.41) is 4.12. The zero-order valence-corrected chi connectivity index (χ0v) is 8.33. The van der Waals surface area contributed by atoms with E-state index in [-0.39, 0.29) is 13.2 Å². The van der Waals surface area contributed by atoms with Crippen LogP contribution >= 0.6 is 46.4 Å². The highest BCUT2D eigenvalue weighted by molar-refractivity contribution is 6.44. The summed E-state index contributed by atoms with van der Waals surface area (Å²) in [5.41, 5.74) is 0. The quantitative estimate of drug-likeness (QED) is 0.311. The number of hydrogen-bond acceptors (Lipinski definition) is 3. The minimum Gasteiger partial charge on any atom is -0.203 e. The van der Waals surface area contributed by atoms with Crippen molar-refractivity contribution in [1.29, 1.82) is 0 Å². The van der Waals surface area contributed by atoms with Crippen LogP contribution in [0.3, 0.4) is 0 Å². The summed E-state index contributed by atoms with van der Waals surface area (Å²) in [6, 6.07) is 0. The van der Waals surface area contributed by atoms with E-state index in [1.54, 1.807) is 0 Å². The molecule has 0 saturated carbocycles. The fraction of sp³-hybridized carbons (Fsp3) is 1.00. The number of halogens is 4. The van der Waals surface area contributed by atoms with Gasteiger partial charge in [0.05, 0.1) is 0 Å². The maximum Gasteiger partial charge on any atom is 0.134 e. The lowest BCUT2D eigenvalue weighted by Gasteiger charge is -2.02. The number of alkyl halides is 4. The van der Waals surface area contributed by atoms with E-state index >= 15 is 0 Å². The van der Waals surface area contributed by atoms with E-state index in [4.69, 9.17) is 46.4 Å². The van der Waals surface area contributed by atoms with Gasteiger partial charge in [0, 0.05) is 0 Å². The van der Waals surface area contributed by atoms with Crippen molar-refractivity contribution in [2.45, 2.75) is 9.67 Å². The van der Waals surface area contributed by atoms with Gasteiger partial charge in [0.15, 0.2) is 0 Å². The second-order valence-corrected chi connectivity index (χ2v) is 3.97. The van der Waals surface area contributed by atoms with Crippen LogP contribution in [0.1, 0.15) is 0 Å². The maximum absolute atomic E-state index is 5.27. The van der Waals surface area contributed by atoms with Gasteiger partial charge >= 0.3 is 0 Å². The molecule has 0 bridgehead atoms. The highest BCUT2D eigenvalue weighted by Gasteiger charge is 2.01. The summed E-state index contributed by atoms with van der Waals surface area (Å²) >= 11 is 21.1. The Morgan fingerprint density at radius 3 is 1.45 bits per heavy atom. The Labute approximate surface area is 84.2 Å². The van der Waals surface area contributed by atoms with Crippen LogP contribution in [0.4, 0.5) is 0 Å². The largest absolute Gasteiger partial charge is 0.203 e. The minimum atomic E-state index is -0.651. The Morgan fingerprint density at radius 1 is 0.818 bits per heavy atom. The molecular weight excluding hydrogens is 238 g/mol. The summed E-state index contributed by atoms with van der Waals surface area (Å²) in [6.07, 6.45) is 0. The Balaban J connectivity index is 2.91. The lowest BCUT2D eigenvalue weighted by Crippen LogP contribution is -2.07. The summed E-state index contributed by atoms with van der Waals surface area (Å²) in [4.78, 5) is 7.38. The van der Waals surface area contributed by atoms with Gasteiger partial charge in [0.2, 0.25) is 0 Å². The molecule has 0 amide bonds. The molecule has 0 aromatic heterocycles. The first-order chi connectivity index (χ1) is 5.13. The molecule has 0 aromatic carbocycles. The molecule has 11 heavy (non-hydrogen) atoms. The first kappa shape index (κ1) is 12.0. The van der Waals surface area contributed by atoms with E-state index in [1.807, 2.05) is 0 Å². The van der Waals surface area contributed by atoms with Crippen molar-refractivity contribution in [3.05, 3.63) is 0 Å². The van der Waals surface area contributed by atoms with E-state index in [9.17, 15) is 0 Å². The molecule has 0 atom stereocenters. The van der Waals surface area contributed by atoms with Crippen LogP contribution in [0.25, 0.3) is 0 Å². The normalized spacial score (nSPS) is 11.5. The van der Waals surface area contributed by atoms with Crippen molar-refractivity contribution in [3.63, 3.8) is 0 Å². The van der Waals surface area contributed by atoms with E-state index in [0.717, 1.165) is 0 Å². The average molecular weight is 244 g/mol. The smallest absolute Gasteiger partial charge is 0.134 e. The summed E-state index contributed by atoms with van der Waals surface area (Å²) < 4.78 is 0. The topological polar surface area (TPSA) is 27.7 Å². The van der Waals surface area contributed by atoms with Gasteiger partial charge in [-0.05, 0) is 0 Å². The first-order valence-corrected chi connectivity index (χ1v) is 4.35. The van der Waals surface area contributed by atoms with Gasteiger partial charge in [-0.15, -0.1) is 46.4 Å². The number of hydrogen-bond donors (Lipinski definition) is 0. The van der Waals surface area contributed by atoms with Gasteiger partial charge in [-0.1, -0.05) is 5.04 Å². The molecule has 3 nitrogen and oxygen atoms in total. The van der Waals surface area contributed by atoms with Gasteiger partial charge in [0.25, 0.3) is 0 Å². The molecule has 0 aliphatic rings. The lowest BCUT2D eigenvalue weighted by atomic mass is 10.9. The first-order valence-electron chi connectivity index (χ1n) is 2.60. The van der Waals surface area contributed by atoms with Crippen LogP contribution in [-0.4, -0.2) is 22.9 Å². The molecule has 0 rings (SSSR count). The molecule has 0 fully saturated rings. The monoisotopic (exact) mass is 242 g/mol. The van der Waals surface area contributed by atoms with E-state index in [2.05, 4.69) is 14.8 Å². The lowest BCUT2D eigenvalue weighted by molar-refractivity contribution is -0.510. The fourth-order valence-electron chi connectivity index (χ4n) is 0.192. The third kappa shape index (κ3) is 11.0. The van der Waals surface area contributed by atoms with E-state index < -0.39 is 9.67 Å². The van der Waals surface area contributed by atoms with Crippen molar-refractivity contribution in [2.24, 2.45) is 0 Å². The van der Waals surface area contributed by atoms with E-state index in [1.165, 1.54) is 0 Å². The average Bonchev–Trinajstić information content (AvgIpc) is 1.85. The molecule has 0 aromatic rings. The molecule has 68 valence electrons. The van der Waals surface area contributed by atoms with Crippen molar-refractivity contribution >= 4 is 46.4 Å². The summed E-state index contributed by atoms with van der Waals surface area (Å²) in [7, 11) is 0. The molecular formula is C4H6Cl4O3. The Kier molecular flexibility index (Phi) is 8.40. The zero-order valence-electron chi connectivity index (χ0n) is 5.31. The molecule has 0 aliphatic heterocycles. The summed E-state index contributed by atoms with van der Waals surface area (Å²) in [6.45, 7) is 0.0245. The molecule has 0 aliphatic carbocycles. The Morgan fingerprint density at radius 2 is 1.18 bits per heavy atom. The number of rotatable bonds is 6. The van der Waals surface area contributed by atoms with Gasteiger partial charge < -0.3 is 0 Å². The van der Waals surface area contributed by atoms with Crippen molar-refractivity contribution in [2.75, 3.05) is 13.2 Å². The SMILES string of the molecule is ClC(Cl)COOOCC(Cl)Cl. The van der Waals surface area contributed by atoms with Crippen LogP contribution in [0.5, 0.6) is 0 Å². The van der Waals surface area contributed by atoms with Crippen molar-refractivity contribution < 1.29 is 14.8 Å². The third-order valence-corrected chi connectivity index (χ3v) is 0.988. The zero-order chi connectivity index (χ0) is 8.69. The summed E-state index contributed by atoms with van der Waals surface area (Å²) in [5.74, 6) is 0.